The Morgan fingerprint density at radius 3 is 2.46 bits per heavy atom. The van der Waals surface area contributed by atoms with Crippen LogP contribution in [0.1, 0.15) is 26.2 Å². The van der Waals surface area contributed by atoms with E-state index in [-0.39, 0.29) is 12.1 Å². The van der Waals surface area contributed by atoms with E-state index in [2.05, 4.69) is 9.98 Å². The van der Waals surface area contributed by atoms with Crippen LogP contribution in [0.2, 0.25) is 0 Å². The summed E-state index contributed by atoms with van der Waals surface area (Å²) in [6.07, 6.45) is 5.63. The molecule has 0 N–H and O–H groups in total. The van der Waals surface area contributed by atoms with E-state index in [1.165, 1.54) is 0 Å². The summed E-state index contributed by atoms with van der Waals surface area (Å²) in [7, 11) is 0. The highest BCUT2D eigenvalue weighted by Gasteiger charge is 2.27. The minimum Gasteiger partial charge on any atom is -0.211 e. The minimum absolute atomic E-state index is 0.00389. The zero-order valence-corrected chi connectivity index (χ0v) is 7.56. The van der Waals surface area contributed by atoms with E-state index >= 15 is 0 Å². The molecule has 4 nitrogen and oxygen atoms in total. The van der Waals surface area contributed by atoms with E-state index in [1.54, 1.807) is 12.2 Å². The molecule has 0 radical (unpaired) electrons. The topological polar surface area (TPSA) is 58.9 Å². The summed E-state index contributed by atoms with van der Waals surface area (Å²) in [6.45, 7) is 2.05. The molecule has 0 aliphatic heterocycles. The first-order valence-electron chi connectivity index (χ1n) is 4.42. The van der Waals surface area contributed by atoms with Gasteiger partial charge in [0.25, 0.3) is 0 Å². The van der Waals surface area contributed by atoms with Crippen molar-refractivity contribution in [3.8, 4) is 0 Å². The maximum atomic E-state index is 10.1. The van der Waals surface area contributed by atoms with E-state index in [1.807, 2.05) is 6.92 Å². The van der Waals surface area contributed by atoms with Crippen LogP contribution in [0.5, 0.6) is 0 Å². The molecular weight excluding hydrogens is 168 g/mol. The maximum absolute atomic E-state index is 10.1. The molecule has 1 saturated carbocycles. The number of carbonyl (C=O) groups excluding carboxylic acids is 2. The first-order valence-corrected chi connectivity index (χ1v) is 4.42. The quantitative estimate of drug-likeness (QED) is 0.473. The summed E-state index contributed by atoms with van der Waals surface area (Å²) < 4.78 is 0. The van der Waals surface area contributed by atoms with Gasteiger partial charge < -0.3 is 0 Å². The maximum Gasteiger partial charge on any atom is 0.235 e. The van der Waals surface area contributed by atoms with Crippen LogP contribution in [0.15, 0.2) is 9.98 Å². The number of hydrogen-bond donors (Lipinski definition) is 0. The molecule has 0 saturated heterocycles. The minimum atomic E-state index is -0.0200. The molecule has 0 bridgehead atoms. The molecule has 0 aromatic carbocycles. The van der Waals surface area contributed by atoms with Gasteiger partial charge in [-0.2, -0.15) is 0 Å². The predicted octanol–water partition coefficient (Wildman–Crippen LogP) is 1.22. The third kappa shape index (κ3) is 2.62. The lowest BCUT2D eigenvalue weighted by Gasteiger charge is -2.27. The van der Waals surface area contributed by atoms with Crippen molar-refractivity contribution >= 4 is 12.2 Å². The first kappa shape index (κ1) is 9.85. The Labute approximate surface area is 76.8 Å². The summed E-state index contributed by atoms with van der Waals surface area (Å²) in [6, 6.07) is -0.0239. The van der Waals surface area contributed by atoms with Gasteiger partial charge in [-0.15, -0.1) is 0 Å². The first-order chi connectivity index (χ1) is 6.27. The van der Waals surface area contributed by atoms with Gasteiger partial charge in [0, 0.05) is 0 Å². The van der Waals surface area contributed by atoms with Crippen LogP contribution < -0.4 is 0 Å². The van der Waals surface area contributed by atoms with Crippen molar-refractivity contribution in [3.63, 3.8) is 0 Å². The Morgan fingerprint density at radius 1 is 1.15 bits per heavy atom. The van der Waals surface area contributed by atoms with Crippen molar-refractivity contribution in [2.24, 2.45) is 15.9 Å². The van der Waals surface area contributed by atoms with Crippen molar-refractivity contribution in [2.45, 2.75) is 38.3 Å². The number of aliphatic imine (C=N–C) groups is 2. The molecule has 3 atom stereocenters. The Kier molecular flexibility index (Phi) is 3.56. The van der Waals surface area contributed by atoms with Crippen molar-refractivity contribution in [1.82, 2.24) is 0 Å². The fourth-order valence-electron chi connectivity index (χ4n) is 1.72. The van der Waals surface area contributed by atoms with E-state index in [9.17, 15) is 9.59 Å². The fraction of sp³-hybridized carbons (Fsp3) is 0.778. The van der Waals surface area contributed by atoms with Crippen molar-refractivity contribution in [1.29, 1.82) is 0 Å². The van der Waals surface area contributed by atoms with Gasteiger partial charge in [0.1, 0.15) is 0 Å². The average molecular weight is 180 g/mol. The van der Waals surface area contributed by atoms with Crippen LogP contribution in [-0.4, -0.2) is 24.2 Å². The largest absolute Gasteiger partial charge is 0.235 e. The molecule has 13 heavy (non-hydrogen) atoms. The van der Waals surface area contributed by atoms with Gasteiger partial charge in [0.2, 0.25) is 12.2 Å². The summed E-state index contributed by atoms with van der Waals surface area (Å²) in [5, 5.41) is 0. The normalized spacial score (nSPS) is 32.8. The van der Waals surface area contributed by atoms with Gasteiger partial charge in [0.15, 0.2) is 0 Å². The summed E-state index contributed by atoms with van der Waals surface area (Å²) in [5.41, 5.74) is 0. The highest BCUT2D eigenvalue weighted by Crippen LogP contribution is 2.27. The molecule has 0 spiro atoms. The second-order valence-electron chi connectivity index (χ2n) is 3.45. The molecule has 1 fully saturated rings. The third-order valence-corrected chi connectivity index (χ3v) is 2.58. The van der Waals surface area contributed by atoms with Crippen molar-refractivity contribution in [3.05, 3.63) is 0 Å². The Balaban J connectivity index is 2.62. The molecule has 0 aromatic heterocycles. The average Bonchev–Trinajstić information content (AvgIpc) is 2.12. The van der Waals surface area contributed by atoms with Crippen LogP contribution >= 0.6 is 0 Å². The van der Waals surface area contributed by atoms with E-state index in [0.717, 1.165) is 12.8 Å². The fourth-order valence-corrected chi connectivity index (χ4v) is 1.72. The molecule has 1 aliphatic carbocycles. The SMILES string of the molecule is C[C@H]1CC[C@@H](N=C=O)C[C@H]1N=C=O. The number of hydrogen-bond acceptors (Lipinski definition) is 4. The van der Waals surface area contributed by atoms with Gasteiger partial charge in [-0.25, -0.2) is 19.6 Å². The lowest BCUT2D eigenvalue weighted by atomic mass is 9.83. The van der Waals surface area contributed by atoms with Crippen molar-refractivity contribution < 1.29 is 9.59 Å². The molecule has 0 unspecified atom stereocenters. The molecule has 0 amide bonds. The number of nitrogens with zero attached hydrogens (tertiary/aromatic N) is 2. The van der Waals surface area contributed by atoms with E-state index in [0.29, 0.717) is 12.3 Å². The highest BCUT2D eigenvalue weighted by atomic mass is 16.1. The van der Waals surface area contributed by atoms with E-state index < -0.39 is 0 Å². The zero-order valence-electron chi connectivity index (χ0n) is 7.56. The standard InChI is InChI=1S/C9H12N2O2/c1-7-2-3-8(10-5-12)4-9(7)11-6-13/h7-9H,2-4H2,1H3/t7-,8+,9+/m0/s1. The second kappa shape index (κ2) is 4.70. The Hall–Kier alpha value is -1.24. The van der Waals surface area contributed by atoms with Gasteiger partial charge in [-0.1, -0.05) is 6.92 Å². The Morgan fingerprint density at radius 2 is 1.85 bits per heavy atom. The molecule has 1 aliphatic rings. The molecule has 0 heterocycles. The predicted molar refractivity (Wildman–Crippen MR) is 46.8 cm³/mol. The smallest absolute Gasteiger partial charge is 0.211 e. The summed E-state index contributed by atoms with van der Waals surface area (Å²) in [5.74, 6) is 0.388. The number of isocyanates is 2. The molecule has 1 rings (SSSR count). The lowest BCUT2D eigenvalue weighted by Crippen LogP contribution is -2.28. The van der Waals surface area contributed by atoms with Crippen LogP contribution in [-0.2, 0) is 9.59 Å². The molecular formula is C9H12N2O2. The Bertz CT molecular complexity index is 265. The van der Waals surface area contributed by atoms with Crippen LogP contribution in [0.25, 0.3) is 0 Å². The number of rotatable bonds is 2. The summed E-state index contributed by atoms with van der Waals surface area (Å²) >= 11 is 0. The molecule has 0 aromatic rings. The second-order valence-corrected chi connectivity index (χ2v) is 3.45. The monoisotopic (exact) mass is 180 g/mol. The lowest BCUT2D eigenvalue weighted by molar-refractivity contribution is 0.302. The van der Waals surface area contributed by atoms with Crippen LogP contribution in [0.4, 0.5) is 0 Å². The van der Waals surface area contributed by atoms with Gasteiger partial charge in [-0.3, -0.25) is 0 Å². The van der Waals surface area contributed by atoms with Crippen LogP contribution in [0, 0.1) is 5.92 Å². The molecule has 4 heteroatoms. The van der Waals surface area contributed by atoms with Gasteiger partial charge in [0.05, 0.1) is 12.1 Å². The van der Waals surface area contributed by atoms with Crippen LogP contribution in [0.3, 0.4) is 0 Å². The van der Waals surface area contributed by atoms with E-state index in [4.69, 9.17) is 0 Å². The highest BCUT2D eigenvalue weighted by molar-refractivity contribution is 5.35. The third-order valence-electron chi connectivity index (χ3n) is 2.58. The van der Waals surface area contributed by atoms with Gasteiger partial charge >= 0.3 is 0 Å². The van der Waals surface area contributed by atoms with Gasteiger partial charge in [-0.05, 0) is 25.2 Å². The zero-order chi connectivity index (χ0) is 9.68. The van der Waals surface area contributed by atoms with Crippen molar-refractivity contribution in [2.75, 3.05) is 0 Å². The molecule has 70 valence electrons. The summed E-state index contributed by atoms with van der Waals surface area (Å²) in [4.78, 5) is 27.5.